The minimum Gasteiger partial charge on any atom is -0.460 e. The summed E-state index contributed by atoms with van der Waals surface area (Å²) in [5, 5.41) is 2.98. The fourth-order valence-electron chi connectivity index (χ4n) is 2.32. The summed E-state index contributed by atoms with van der Waals surface area (Å²) < 4.78 is 36.9. The molecule has 1 aliphatic heterocycles. The van der Waals surface area contributed by atoms with Gasteiger partial charge in [-0.25, -0.2) is 17.9 Å². The lowest BCUT2D eigenvalue weighted by atomic mass is 9.81. The highest BCUT2D eigenvalue weighted by atomic mass is 32.2. The molecule has 124 valence electrons. The zero-order valence-electron chi connectivity index (χ0n) is 12.8. The van der Waals surface area contributed by atoms with Crippen molar-refractivity contribution in [2.75, 3.05) is 26.2 Å². The standard InChI is InChI=1S/C14H22N2O5S/c1-3-20-13(17)11-4-5-12(21-11)22(18,19)16-10-14(2)6-8-15-9-7-14/h4-5,15-16H,3,6-10H2,1-2H3. The van der Waals surface area contributed by atoms with Crippen molar-refractivity contribution in [3.05, 3.63) is 17.9 Å². The van der Waals surface area contributed by atoms with Crippen LogP contribution in [0.3, 0.4) is 0 Å². The number of piperidine rings is 1. The second-order valence-corrected chi connectivity index (χ2v) is 7.42. The van der Waals surface area contributed by atoms with Crippen molar-refractivity contribution in [2.45, 2.75) is 31.8 Å². The van der Waals surface area contributed by atoms with E-state index in [1.54, 1.807) is 6.92 Å². The smallest absolute Gasteiger partial charge is 0.374 e. The molecule has 1 fully saturated rings. The number of nitrogens with one attached hydrogen (secondary N) is 2. The van der Waals surface area contributed by atoms with Crippen LogP contribution < -0.4 is 10.0 Å². The average Bonchev–Trinajstić information content (AvgIpc) is 2.97. The zero-order valence-corrected chi connectivity index (χ0v) is 13.7. The van der Waals surface area contributed by atoms with Gasteiger partial charge in [0.2, 0.25) is 10.9 Å². The third-order valence-electron chi connectivity index (χ3n) is 3.82. The Balaban J connectivity index is 2.02. The first-order valence-corrected chi connectivity index (χ1v) is 8.82. The molecule has 0 aromatic carbocycles. The van der Waals surface area contributed by atoms with Crippen LogP contribution in [0.2, 0.25) is 0 Å². The van der Waals surface area contributed by atoms with Crippen molar-refractivity contribution < 1.29 is 22.4 Å². The molecule has 0 radical (unpaired) electrons. The molecule has 1 aromatic heterocycles. The topological polar surface area (TPSA) is 97.6 Å². The molecule has 0 unspecified atom stereocenters. The van der Waals surface area contributed by atoms with Crippen LogP contribution in [-0.4, -0.2) is 40.6 Å². The van der Waals surface area contributed by atoms with E-state index >= 15 is 0 Å². The van der Waals surface area contributed by atoms with E-state index < -0.39 is 16.0 Å². The Labute approximate surface area is 130 Å². The molecule has 7 nitrogen and oxygen atoms in total. The lowest BCUT2D eigenvalue weighted by molar-refractivity contribution is 0.0484. The molecule has 2 rings (SSSR count). The second-order valence-electron chi connectivity index (χ2n) is 5.72. The van der Waals surface area contributed by atoms with Crippen molar-refractivity contribution in [2.24, 2.45) is 5.41 Å². The lowest BCUT2D eigenvalue weighted by Gasteiger charge is -2.33. The van der Waals surface area contributed by atoms with Gasteiger partial charge in [0.15, 0.2) is 0 Å². The number of furan rings is 1. The van der Waals surface area contributed by atoms with Crippen molar-refractivity contribution in [3.8, 4) is 0 Å². The number of hydrogen-bond acceptors (Lipinski definition) is 6. The van der Waals surface area contributed by atoms with E-state index in [9.17, 15) is 13.2 Å². The summed E-state index contributed by atoms with van der Waals surface area (Å²) in [6.07, 6.45) is 1.81. The third-order valence-corrected chi connectivity index (χ3v) is 5.10. The predicted octanol–water partition coefficient (Wildman–Crippen LogP) is 1.12. The van der Waals surface area contributed by atoms with E-state index in [2.05, 4.69) is 17.0 Å². The highest BCUT2D eigenvalue weighted by Crippen LogP contribution is 2.27. The fourth-order valence-corrected chi connectivity index (χ4v) is 3.45. The Morgan fingerprint density at radius 1 is 1.41 bits per heavy atom. The number of carbonyl (C=O) groups excluding carboxylic acids is 1. The maximum Gasteiger partial charge on any atom is 0.374 e. The van der Waals surface area contributed by atoms with Crippen molar-refractivity contribution in [1.29, 1.82) is 0 Å². The van der Waals surface area contributed by atoms with Crippen LogP contribution in [0.1, 0.15) is 37.2 Å². The van der Waals surface area contributed by atoms with E-state index in [4.69, 9.17) is 9.15 Å². The fraction of sp³-hybridized carbons (Fsp3) is 0.643. The number of sulfonamides is 1. The van der Waals surface area contributed by atoms with Gasteiger partial charge in [0.1, 0.15) is 0 Å². The third kappa shape index (κ3) is 4.08. The Kier molecular flexibility index (Phi) is 5.25. The maximum atomic E-state index is 12.2. The quantitative estimate of drug-likeness (QED) is 0.759. The highest BCUT2D eigenvalue weighted by Gasteiger charge is 2.30. The molecule has 0 spiro atoms. The summed E-state index contributed by atoms with van der Waals surface area (Å²) in [7, 11) is -3.77. The Morgan fingerprint density at radius 2 is 2.09 bits per heavy atom. The lowest BCUT2D eigenvalue weighted by Crippen LogP contribution is -2.42. The minimum absolute atomic E-state index is 0.0745. The van der Waals surface area contributed by atoms with Gasteiger partial charge < -0.3 is 14.5 Å². The van der Waals surface area contributed by atoms with Gasteiger partial charge in [-0.15, -0.1) is 0 Å². The summed E-state index contributed by atoms with van der Waals surface area (Å²) in [5.74, 6) is -0.787. The molecule has 0 bridgehead atoms. The number of esters is 1. The van der Waals surface area contributed by atoms with Gasteiger partial charge in [0.05, 0.1) is 6.61 Å². The first-order valence-electron chi connectivity index (χ1n) is 7.34. The molecule has 0 aliphatic carbocycles. The molecule has 2 heterocycles. The normalized spacial score (nSPS) is 18.1. The van der Waals surface area contributed by atoms with Gasteiger partial charge in [-0.3, -0.25) is 0 Å². The van der Waals surface area contributed by atoms with E-state index in [1.165, 1.54) is 12.1 Å². The summed E-state index contributed by atoms with van der Waals surface area (Å²) in [6.45, 7) is 6.03. The van der Waals surface area contributed by atoms with Gasteiger partial charge in [-0.1, -0.05) is 6.92 Å². The molecular formula is C14H22N2O5S. The van der Waals surface area contributed by atoms with E-state index in [1.807, 2.05) is 0 Å². The molecule has 0 amide bonds. The Morgan fingerprint density at radius 3 is 2.73 bits per heavy atom. The first kappa shape index (κ1) is 17.0. The van der Waals surface area contributed by atoms with Gasteiger partial charge in [-0.2, -0.15) is 0 Å². The van der Waals surface area contributed by atoms with Gasteiger partial charge >= 0.3 is 5.97 Å². The van der Waals surface area contributed by atoms with Crippen LogP contribution in [0, 0.1) is 5.41 Å². The SMILES string of the molecule is CCOC(=O)c1ccc(S(=O)(=O)NCC2(C)CCNCC2)o1. The molecule has 8 heteroatoms. The van der Waals surface area contributed by atoms with Crippen LogP contribution in [0.4, 0.5) is 0 Å². The second kappa shape index (κ2) is 6.80. The molecule has 1 aliphatic rings. The van der Waals surface area contributed by atoms with Crippen LogP contribution in [0.15, 0.2) is 21.6 Å². The molecule has 22 heavy (non-hydrogen) atoms. The van der Waals surface area contributed by atoms with Gasteiger partial charge in [-0.05, 0) is 50.4 Å². The minimum atomic E-state index is -3.77. The van der Waals surface area contributed by atoms with E-state index in [0.717, 1.165) is 25.9 Å². The maximum absolute atomic E-state index is 12.2. The highest BCUT2D eigenvalue weighted by molar-refractivity contribution is 7.89. The molecule has 1 saturated heterocycles. The number of hydrogen-bond donors (Lipinski definition) is 2. The monoisotopic (exact) mass is 330 g/mol. The number of carbonyl (C=O) groups is 1. The first-order chi connectivity index (χ1) is 10.4. The van der Waals surface area contributed by atoms with Crippen LogP contribution >= 0.6 is 0 Å². The van der Waals surface area contributed by atoms with Crippen molar-refractivity contribution in [1.82, 2.24) is 10.0 Å². The zero-order chi connectivity index (χ0) is 16.2. The molecular weight excluding hydrogens is 308 g/mol. The number of rotatable bonds is 6. The average molecular weight is 330 g/mol. The summed E-state index contributed by atoms with van der Waals surface area (Å²) in [6, 6.07) is 2.57. The Bertz CT molecular complexity index is 617. The van der Waals surface area contributed by atoms with Gasteiger partial charge in [0, 0.05) is 6.54 Å². The van der Waals surface area contributed by atoms with Crippen LogP contribution in [-0.2, 0) is 14.8 Å². The summed E-state index contributed by atoms with van der Waals surface area (Å²) in [5.41, 5.74) is -0.0745. The molecule has 0 atom stereocenters. The van der Waals surface area contributed by atoms with E-state index in [0.29, 0.717) is 6.54 Å². The van der Waals surface area contributed by atoms with Crippen molar-refractivity contribution >= 4 is 16.0 Å². The largest absolute Gasteiger partial charge is 0.460 e. The van der Waals surface area contributed by atoms with Crippen molar-refractivity contribution in [3.63, 3.8) is 0 Å². The predicted molar refractivity (Wildman–Crippen MR) is 80.1 cm³/mol. The van der Waals surface area contributed by atoms with Gasteiger partial charge in [0.25, 0.3) is 10.0 Å². The van der Waals surface area contributed by atoms with Crippen LogP contribution in [0.25, 0.3) is 0 Å². The molecule has 0 saturated carbocycles. The summed E-state index contributed by atoms with van der Waals surface area (Å²) in [4.78, 5) is 11.5. The number of ether oxygens (including phenoxy) is 1. The molecule has 2 N–H and O–H groups in total. The van der Waals surface area contributed by atoms with E-state index in [-0.39, 0.29) is 22.9 Å². The Hall–Kier alpha value is -1.38. The molecule has 1 aromatic rings. The van der Waals surface area contributed by atoms with Crippen LogP contribution in [0.5, 0.6) is 0 Å². The summed E-state index contributed by atoms with van der Waals surface area (Å²) >= 11 is 0.